The van der Waals surface area contributed by atoms with Crippen LogP contribution >= 0.6 is 11.8 Å². The van der Waals surface area contributed by atoms with E-state index in [-0.39, 0.29) is 11.7 Å². The van der Waals surface area contributed by atoms with Gasteiger partial charge >= 0.3 is 0 Å². The molecule has 9 heteroatoms. The maximum Gasteiger partial charge on any atom is 0.234 e. The summed E-state index contributed by atoms with van der Waals surface area (Å²) in [5.41, 5.74) is 1.87. The molecule has 1 aromatic heterocycles. The Balaban J connectivity index is 1.26. The number of carbonyl (C=O) groups is 1. The van der Waals surface area contributed by atoms with Crippen LogP contribution in [0.3, 0.4) is 0 Å². The van der Waals surface area contributed by atoms with E-state index in [0.717, 1.165) is 30.6 Å². The van der Waals surface area contributed by atoms with Crippen molar-refractivity contribution in [3.05, 3.63) is 59.9 Å². The van der Waals surface area contributed by atoms with Crippen LogP contribution in [0.4, 0.5) is 5.69 Å². The highest BCUT2D eigenvalue weighted by Gasteiger charge is 2.20. The monoisotopic (exact) mass is 465 g/mol. The van der Waals surface area contributed by atoms with E-state index in [4.69, 9.17) is 9.47 Å². The smallest absolute Gasteiger partial charge is 0.234 e. The molecule has 3 heterocycles. The number of anilines is 1. The molecule has 0 bridgehead atoms. The zero-order valence-electron chi connectivity index (χ0n) is 18.4. The topological polar surface area (TPSA) is 81.5 Å². The second kappa shape index (κ2) is 10.3. The number of benzene rings is 2. The standard InChI is InChI=1S/C24H27N5O3S/c30-23(25-19-8-9-20-21(14-19)32-13-12-31-20)17-33-24-27-26-22(16-28-10-4-5-11-28)29(24)15-18-6-2-1-3-7-18/h1-3,6-9,14H,4-5,10-13,15-17H2,(H,25,30). The molecule has 5 rings (SSSR count). The summed E-state index contributed by atoms with van der Waals surface area (Å²) in [5.74, 6) is 2.43. The number of nitrogens with one attached hydrogen (secondary N) is 1. The molecule has 0 unspecified atom stereocenters. The predicted octanol–water partition coefficient (Wildman–Crippen LogP) is 3.42. The van der Waals surface area contributed by atoms with Gasteiger partial charge in [0.25, 0.3) is 0 Å². The van der Waals surface area contributed by atoms with E-state index in [2.05, 4.69) is 37.1 Å². The van der Waals surface area contributed by atoms with Gasteiger partial charge in [-0.3, -0.25) is 9.69 Å². The van der Waals surface area contributed by atoms with Crippen molar-refractivity contribution >= 4 is 23.4 Å². The molecule has 2 aliphatic heterocycles. The van der Waals surface area contributed by atoms with E-state index in [0.29, 0.717) is 36.9 Å². The van der Waals surface area contributed by atoms with Crippen LogP contribution in [0, 0.1) is 0 Å². The lowest BCUT2D eigenvalue weighted by Crippen LogP contribution is -2.22. The molecule has 1 amide bonds. The minimum absolute atomic E-state index is 0.105. The fourth-order valence-corrected chi connectivity index (χ4v) is 4.81. The maximum absolute atomic E-state index is 12.6. The summed E-state index contributed by atoms with van der Waals surface area (Å²) >= 11 is 1.40. The molecular weight excluding hydrogens is 438 g/mol. The van der Waals surface area contributed by atoms with E-state index >= 15 is 0 Å². The van der Waals surface area contributed by atoms with E-state index in [1.54, 1.807) is 6.07 Å². The first kappa shape index (κ1) is 21.8. The molecule has 172 valence electrons. The summed E-state index contributed by atoms with van der Waals surface area (Å²) < 4.78 is 13.3. The van der Waals surface area contributed by atoms with Crippen LogP contribution in [-0.4, -0.2) is 57.6 Å². The highest BCUT2D eigenvalue weighted by atomic mass is 32.2. The minimum Gasteiger partial charge on any atom is -0.486 e. The molecule has 0 radical (unpaired) electrons. The fourth-order valence-electron chi connectivity index (χ4n) is 4.06. The lowest BCUT2D eigenvalue weighted by Gasteiger charge is -2.19. The van der Waals surface area contributed by atoms with Crippen LogP contribution in [0.15, 0.2) is 53.7 Å². The average molecular weight is 466 g/mol. The van der Waals surface area contributed by atoms with Crippen LogP contribution in [0.25, 0.3) is 0 Å². The molecule has 1 fully saturated rings. The van der Waals surface area contributed by atoms with Gasteiger partial charge < -0.3 is 19.4 Å². The van der Waals surface area contributed by atoms with Gasteiger partial charge in [0.2, 0.25) is 5.91 Å². The Bertz CT molecular complexity index is 1100. The molecule has 0 saturated carbocycles. The summed E-state index contributed by atoms with van der Waals surface area (Å²) in [4.78, 5) is 15.1. The zero-order chi connectivity index (χ0) is 22.5. The normalized spacial score (nSPS) is 15.5. The second-order valence-electron chi connectivity index (χ2n) is 8.15. The third-order valence-corrected chi connectivity index (χ3v) is 6.67. The van der Waals surface area contributed by atoms with Gasteiger partial charge in [-0.25, -0.2) is 0 Å². The van der Waals surface area contributed by atoms with Gasteiger partial charge in [-0.15, -0.1) is 10.2 Å². The van der Waals surface area contributed by atoms with Gasteiger partial charge in [0.05, 0.1) is 18.8 Å². The Kier molecular flexibility index (Phi) is 6.78. The molecule has 0 aliphatic carbocycles. The Morgan fingerprint density at radius 3 is 2.58 bits per heavy atom. The van der Waals surface area contributed by atoms with Crippen LogP contribution in [-0.2, 0) is 17.9 Å². The van der Waals surface area contributed by atoms with Gasteiger partial charge in [-0.2, -0.15) is 0 Å². The van der Waals surface area contributed by atoms with E-state index in [1.807, 2.05) is 30.3 Å². The number of carbonyl (C=O) groups excluding carboxylic acids is 1. The van der Waals surface area contributed by atoms with Crippen LogP contribution in [0.2, 0.25) is 0 Å². The average Bonchev–Trinajstić information content (AvgIpc) is 3.49. The summed E-state index contributed by atoms with van der Waals surface area (Å²) in [6.45, 7) is 4.71. The molecule has 1 saturated heterocycles. The largest absolute Gasteiger partial charge is 0.486 e. The molecular formula is C24H27N5O3S. The van der Waals surface area contributed by atoms with Gasteiger partial charge in [-0.05, 0) is 43.6 Å². The van der Waals surface area contributed by atoms with Gasteiger partial charge in [-0.1, -0.05) is 42.1 Å². The van der Waals surface area contributed by atoms with Crippen molar-refractivity contribution in [1.82, 2.24) is 19.7 Å². The highest BCUT2D eigenvalue weighted by Crippen LogP contribution is 2.32. The number of amides is 1. The summed E-state index contributed by atoms with van der Waals surface area (Å²) in [5, 5.41) is 12.6. The van der Waals surface area contributed by atoms with E-state index in [1.165, 1.54) is 30.2 Å². The summed E-state index contributed by atoms with van der Waals surface area (Å²) in [6.07, 6.45) is 2.46. The molecule has 0 spiro atoms. The molecule has 33 heavy (non-hydrogen) atoms. The van der Waals surface area contributed by atoms with Crippen molar-refractivity contribution < 1.29 is 14.3 Å². The number of likely N-dealkylation sites (tertiary alicyclic amines) is 1. The highest BCUT2D eigenvalue weighted by molar-refractivity contribution is 7.99. The molecule has 2 aliphatic rings. The first-order chi connectivity index (χ1) is 16.2. The minimum atomic E-state index is -0.105. The van der Waals surface area contributed by atoms with Crippen LogP contribution in [0.5, 0.6) is 11.5 Å². The van der Waals surface area contributed by atoms with Crippen molar-refractivity contribution in [3.63, 3.8) is 0 Å². The fraction of sp³-hybridized carbons (Fsp3) is 0.375. The molecule has 1 N–H and O–H groups in total. The SMILES string of the molecule is O=C(CSc1nnc(CN2CCCC2)n1Cc1ccccc1)Nc1ccc2c(c1)OCCO2. The van der Waals surface area contributed by atoms with Crippen molar-refractivity contribution in [3.8, 4) is 11.5 Å². The number of aromatic nitrogens is 3. The van der Waals surface area contributed by atoms with Crippen molar-refractivity contribution in [1.29, 1.82) is 0 Å². The van der Waals surface area contributed by atoms with E-state index in [9.17, 15) is 4.79 Å². The molecule has 8 nitrogen and oxygen atoms in total. The second-order valence-corrected chi connectivity index (χ2v) is 9.09. The third-order valence-electron chi connectivity index (χ3n) is 5.70. The third kappa shape index (κ3) is 5.48. The number of hydrogen-bond donors (Lipinski definition) is 1. The zero-order valence-corrected chi connectivity index (χ0v) is 19.2. The van der Waals surface area contributed by atoms with Crippen LogP contribution < -0.4 is 14.8 Å². The number of thioether (sulfide) groups is 1. The lowest BCUT2D eigenvalue weighted by molar-refractivity contribution is -0.113. The summed E-state index contributed by atoms with van der Waals surface area (Å²) in [7, 11) is 0. The number of ether oxygens (including phenoxy) is 2. The van der Waals surface area contributed by atoms with Crippen molar-refractivity contribution in [2.45, 2.75) is 31.1 Å². The summed E-state index contributed by atoms with van der Waals surface area (Å²) in [6, 6.07) is 15.7. The Hall–Kier alpha value is -3.04. The Morgan fingerprint density at radius 1 is 0.970 bits per heavy atom. The van der Waals surface area contributed by atoms with Crippen molar-refractivity contribution in [2.24, 2.45) is 0 Å². The maximum atomic E-state index is 12.6. The Labute approximate surface area is 197 Å². The first-order valence-electron chi connectivity index (χ1n) is 11.3. The van der Waals surface area contributed by atoms with Crippen LogP contribution in [0.1, 0.15) is 24.2 Å². The molecule has 2 aromatic carbocycles. The predicted molar refractivity (Wildman–Crippen MR) is 127 cm³/mol. The number of nitrogens with zero attached hydrogens (tertiary/aromatic N) is 4. The van der Waals surface area contributed by atoms with Gasteiger partial charge in [0.1, 0.15) is 19.0 Å². The van der Waals surface area contributed by atoms with Crippen molar-refractivity contribution in [2.75, 3.05) is 37.4 Å². The first-order valence-corrected chi connectivity index (χ1v) is 12.2. The van der Waals surface area contributed by atoms with Gasteiger partial charge in [0.15, 0.2) is 16.7 Å². The Morgan fingerprint density at radius 2 is 1.76 bits per heavy atom. The number of fused-ring (bicyclic) bond motifs is 1. The van der Waals surface area contributed by atoms with Gasteiger partial charge in [0, 0.05) is 11.8 Å². The number of hydrogen-bond acceptors (Lipinski definition) is 7. The molecule has 0 atom stereocenters. The lowest BCUT2D eigenvalue weighted by atomic mass is 10.2. The number of rotatable bonds is 8. The molecule has 3 aromatic rings. The quantitative estimate of drug-likeness (QED) is 0.511. The van der Waals surface area contributed by atoms with E-state index < -0.39 is 0 Å².